The van der Waals surface area contributed by atoms with Gasteiger partial charge in [-0.05, 0) is 24.2 Å². The van der Waals surface area contributed by atoms with E-state index in [4.69, 9.17) is 16.6 Å². The van der Waals surface area contributed by atoms with E-state index in [-0.39, 0.29) is 0 Å². The molecular formula is C18H19ClN8. The predicted octanol–water partition coefficient (Wildman–Crippen LogP) is 3.20. The molecule has 0 radical (unpaired) electrons. The fourth-order valence-electron chi connectivity index (χ4n) is 4.31. The maximum atomic E-state index is 9.50. The zero-order valence-electron chi connectivity index (χ0n) is 15.1. The van der Waals surface area contributed by atoms with Crippen LogP contribution in [0.15, 0.2) is 12.4 Å². The van der Waals surface area contributed by atoms with Gasteiger partial charge in [-0.25, -0.2) is 0 Å². The third kappa shape index (κ3) is 2.38. The molecule has 27 heavy (non-hydrogen) atoms. The van der Waals surface area contributed by atoms with Crippen LogP contribution in [0.25, 0.3) is 11.0 Å². The normalized spacial score (nSPS) is 23.5. The summed E-state index contributed by atoms with van der Waals surface area (Å²) in [7, 11) is 1.77. The lowest BCUT2D eigenvalue weighted by atomic mass is 10.0. The number of hydrogen-bond acceptors (Lipinski definition) is 6. The van der Waals surface area contributed by atoms with E-state index in [1.54, 1.807) is 24.1 Å². The Hall–Kier alpha value is -2.79. The molecule has 0 aromatic carbocycles. The second-order valence-corrected chi connectivity index (χ2v) is 7.86. The van der Waals surface area contributed by atoms with Crippen molar-refractivity contribution in [3.63, 3.8) is 0 Å². The number of nitrogens with one attached hydrogen (secondary N) is 2. The Morgan fingerprint density at radius 3 is 3.00 bits per heavy atom. The van der Waals surface area contributed by atoms with Crippen LogP contribution in [0.4, 0.5) is 17.5 Å². The Kier molecular flexibility index (Phi) is 3.40. The van der Waals surface area contributed by atoms with E-state index in [9.17, 15) is 5.26 Å². The van der Waals surface area contributed by atoms with Crippen LogP contribution in [0.2, 0.25) is 5.15 Å². The molecule has 2 fully saturated rings. The van der Waals surface area contributed by atoms with E-state index in [1.807, 2.05) is 0 Å². The van der Waals surface area contributed by atoms with Crippen molar-refractivity contribution in [1.29, 1.82) is 5.26 Å². The monoisotopic (exact) mass is 382 g/mol. The molecule has 1 aliphatic heterocycles. The van der Waals surface area contributed by atoms with Crippen molar-refractivity contribution in [2.24, 2.45) is 18.4 Å². The summed E-state index contributed by atoms with van der Waals surface area (Å²) < 4.78 is 1.57. The van der Waals surface area contributed by atoms with Gasteiger partial charge in [0.2, 0.25) is 5.95 Å². The van der Waals surface area contributed by atoms with Gasteiger partial charge in [-0.1, -0.05) is 18.5 Å². The molecule has 1 aliphatic carbocycles. The minimum atomic E-state index is 0.417. The Morgan fingerprint density at radius 2 is 2.33 bits per heavy atom. The predicted molar refractivity (Wildman–Crippen MR) is 103 cm³/mol. The standard InChI is InChI=1S/C18H19ClN8/c1-3-18-4-11(18)8-27(9-18)16-13-10(5-20)6-21-15(13)24-17(25-16)23-12-7-22-26(2)14(12)19/h6-7,11H,3-4,8-9H2,1-2H3,(H2,21,23,24,25). The molecule has 2 unspecified atom stereocenters. The Bertz CT molecular complexity index is 1090. The average molecular weight is 383 g/mol. The van der Waals surface area contributed by atoms with Crippen molar-refractivity contribution < 1.29 is 0 Å². The highest BCUT2D eigenvalue weighted by Crippen LogP contribution is 2.60. The second-order valence-electron chi connectivity index (χ2n) is 7.50. The number of hydrogen-bond donors (Lipinski definition) is 2. The Morgan fingerprint density at radius 1 is 1.48 bits per heavy atom. The number of nitriles is 1. The van der Waals surface area contributed by atoms with Gasteiger partial charge in [0.1, 0.15) is 22.7 Å². The van der Waals surface area contributed by atoms with E-state index < -0.39 is 0 Å². The number of nitrogens with zero attached hydrogens (tertiary/aromatic N) is 6. The number of fused-ring (bicyclic) bond motifs is 2. The highest BCUT2D eigenvalue weighted by atomic mass is 35.5. The summed E-state index contributed by atoms with van der Waals surface area (Å²) in [5, 5.41) is 18.1. The number of anilines is 3. The lowest BCUT2D eigenvalue weighted by molar-refractivity contribution is 0.509. The van der Waals surface area contributed by atoms with Crippen LogP contribution < -0.4 is 10.2 Å². The molecule has 4 heterocycles. The zero-order valence-corrected chi connectivity index (χ0v) is 15.9. The number of piperidine rings is 1. The van der Waals surface area contributed by atoms with Crippen LogP contribution >= 0.6 is 11.6 Å². The molecule has 5 rings (SSSR count). The number of aromatic nitrogens is 5. The number of rotatable bonds is 4. The molecule has 2 aliphatic rings. The molecule has 0 bridgehead atoms. The van der Waals surface area contributed by atoms with E-state index in [2.05, 4.69) is 38.3 Å². The lowest BCUT2D eigenvalue weighted by Crippen LogP contribution is -2.26. The Balaban J connectivity index is 1.59. The van der Waals surface area contributed by atoms with Gasteiger partial charge in [0.25, 0.3) is 0 Å². The summed E-state index contributed by atoms with van der Waals surface area (Å²) in [5.41, 5.74) is 2.27. The molecule has 3 aromatic rings. The third-order valence-corrected chi connectivity index (χ3v) is 6.50. The average Bonchev–Trinajstić information content (AvgIpc) is 2.98. The topological polar surface area (TPSA) is 98.4 Å². The smallest absolute Gasteiger partial charge is 0.231 e. The summed E-state index contributed by atoms with van der Waals surface area (Å²) in [4.78, 5) is 14.7. The van der Waals surface area contributed by atoms with Gasteiger partial charge < -0.3 is 15.2 Å². The van der Waals surface area contributed by atoms with E-state index in [0.29, 0.717) is 33.4 Å². The largest absolute Gasteiger partial charge is 0.355 e. The number of H-pyrrole nitrogens is 1. The van der Waals surface area contributed by atoms with Crippen LogP contribution in [-0.2, 0) is 7.05 Å². The van der Waals surface area contributed by atoms with E-state index >= 15 is 0 Å². The summed E-state index contributed by atoms with van der Waals surface area (Å²) >= 11 is 6.25. The lowest BCUT2D eigenvalue weighted by Gasteiger charge is -2.23. The van der Waals surface area contributed by atoms with Gasteiger partial charge in [-0.15, -0.1) is 0 Å². The van der Waals surface area contributed by atoms with Crippen molar-refractivity contribution in [2.75, 3.05) is 23.3 Å². The molecule has 0 amide bonds. The van der Waals surface area contributed by atoms with Crippen molar-refractivity contribution in [3.8, 4) is 6.07 Å². The molecule has 2 atom stereocenters. The van der Waals surface area contributed by atoms with Crippen LogP contribution in [0.3, 0.4) is 0 Å². The molecule has 8 nitrogen and oxygen atoms in total. The van der Waals surface area contributed by atoms with Crippen molar-refractivity contribution in [2.45, 2.75) is 19.8 Å². The van der Waals surface area contributed by atoms with Gasteiger partial charge in [-0.3, -0.25) is 4.68 Å². The minimum absolute atomic E-state index is 0.417. The minimum Gasteiger partial charge on any atom is -0.355 e. The van der Waals surface area contributed by atoms with Crippen LogP contribution in [0.5, 0.6) is 0 Å². The number of halogens is 1. The third-order valence-electron chi connectivity index (χ3n) is 6.05. The molecule has 9 heteroatoms. The van der Waals surface area contributed by atoms with E-state index in [1.165, 1.54) is 12.8 Å². The first-order chi connectivity index (χ1) is 13.0. The second kappa shape index (κ2) is 5.60. The summed E-state index contributed by atoms with van der Waals surface area (Å²) in [6, 6.07) is 2.25. The zero-order chi connectivity index (χ0) is 18.8. The number of aryl methyl sites for hydroxylation is 1. The molecule has 2 N–H and O–H groups in total. The first kappa shape index (κ1) is 16.4. The van der Waals surface area contributed by atoms with Crippen molar-refractivity contribution in [1.82, 2.24) is 24.7 Å². The van der Waals surface area contributed by atoms with Crippen LogP contribution in [0.1, 0.15) is 25.3 Å². The Labute approximate surface area is 161 Å². The summed E-state index contributed by atoms with van der Waals surface area (Å²) in [6.07, 6.45) is 5.80. The maximum absolute atomic E-state index is 9.50. The molecule has 138 valence electrons. The maximum Gasteiger partial charge on any atom is 0.231 e. The molecule has 1 saturated carbocycles. The van der Waals surface area contributed by atoms with Gasteiger partial charge in [0, 0.05) is 26.3 Å². The molecule has 1 saturated heterocycles. The fraction of sp³-hybridized carbons (Fsp3) is 0.444. The SMILES string of the molecule is CCC12CC1CN(c1nc(Nc3cnn(C)c3Cl)nc3[nH]cc(C#N)c13)C2. The first-order valence-corrected chi connectivity index (χ1v) is 9.41. The van der Waals surface area contributed by atoms with Gasteiger partial charge in [0.15, 0.2) is 0 Å². The van der Waals surface area contributed by atoms with Gasteiger partial charge in [0.05, 0.1) is 22.8 Å². The van der Waals surface area contributed by atoms with Crippen molar-refractivity contribution in [3.05, 3.63) is 23.1 Å². The van der Waals surface area contributed by atoms with Crippen LogP contribution in [-0.4, -0.2) is 37.8 Å². The summed E-state index contributed by atoms with van der Waals surface area (Å²) in [6.45, 7) is 4.21. The molecular weight excluding hydrogens is 364 g/mol. The quantitative estimate of drug-likeness (QED) is 0.719. The van der Waals surface area contributed by atoms with Crippen molar-refractivity contribution >= 4 is 40.1 Å². The van der Waals surface area contributed by atoms with Gasteiger partial charge in [-0.2, -0.15) is 20.3 Å². The van der Waals surface area contributed by atoms with E-state index in [0.717, 1.165) is 30.2 Å². The fourth-order valence-corrected chi connectivity index (χ4v) is 4.45. The van der Waals surface area contributed by atoms with Crippen LogP contribution in [0, 0.1) is 22.7 Å². The molecule has 3 aromatic heterocycles. The highest BCUT2D eigenvalue weighted by Gasteiger charge is 2.58. The van der Waals surface area contributed by atoms with Gasteiger partial charge >= 0.3 is 0 Å². The highest BCUT2D eigenvalue weighted by molar-refractivity contribution is 6.32. The number of aromatic amines is 1. The first-order valence-electron chi connectivity index (χ1n) is 9.03. The summed E-state index contributed by atoms with van der Waals surface area (Å²) in [5.74, 6) is 1.96. The molecule has 0 spiro atoms.